The van der Waals surface area contributed by atoms with Crippen LogP contribution in [0.15, 0.2) is 12.1 Å². The van der Waals surface area contributed by atoms with Crippen LogP contribution >= 0.6 is 0 Å². The topological polar surface area (TPSA) is 0 Å². The summed E-state index contributed by atoms with van der Waals surface area (Å²) in [6.45, 7) is 0. The van der Waals surface area contributed by atoms with Gasteiger partial charge in [-0.3, -0.25) is 0 Å². The molecule has 0 spiro atoms. The van der Waals surface area contributed by atoms with Gasteiger partial charge in [-0.15, -0.1) is 0 Å². The Kier molecular flexibility index (Phi) is 7.45. The van der Waals surface area contributed by atoms with Gasteiger partial charge in [0.2, 0.25) is 0 Å². The summed E-state index contributed by atoms with van der Waals surface area (Å²) in [4.78, 5) is 0. The molecule has 2 aliphatic carbocycles. The summed E-state index contributed by atoms with van der Waals surface area (Å²) in [5, 5.41) is 0. The van der Waals surface area contributed by atoms with Crippen LogP contribution in [0.5, 0.6) is 0 Å². The Morgan fingerprint density at radius 1 is 0.731 bits per heavy atom. The molecule has 0 unspecified atom stereocenters. The molecule has 3 rings (SSSR count). The van der Waals surface area contributed by atoms with Gasteiger partial charge in [0.1, 0.15) is 0 Å². The van der Waals surface area contributed by atoms with Gasteiger partial charge in [0.15, 0.2) is 17.5 Å². The van der Waals surface area contributed by atoms with Gasteiger partial charge < -0.3 is 0 Å². The van der Waals surface area contributed by atoms with Crippen molar-refractivity contribution in [1.82, 2.24) is 0 Å². The third kappa shape index (κ3) is 5.27. The summed E-state index contributed by atoms with van der Waals surface area (Å²) in [7, 11) is 0. The molecule has 2 fully saturated rings. The molecular weight excluding hydrogens is 333 g/mol. The van der Waals surface area contributed by atoms with Gasteiger partial charge in [0.25, 0.3) is 0 Å². The maximum atomic E-state index is 13.3. The molecule has 1 aromatic carbocycles. The Labute approximate surface area is 156 Å². The molecule has 0 amide bonds. The molecule has 2 saturated carbocycles. The highest BCUT2D eigenvalue weighted by atomic mass is 19.2. The Balaban J connectivity index is 1.52. The Bertz CT molecular complexity index is 516. The second kappa shape index (κ2) is 9.80. The maximum absolute atomic E-state index is 13.3. The fourth-order valence-electron chi connectivity index (χ4n) is 5.44. The van der Waals surface area contributed by atoms with Crippen LogP contribution < -0.4 is 0 Å². The van der Waals surface area contributed by atoms with Gasteiger partial charge in [-0.2, -0.15) is 0 Å². The van der Waals surface area contributed by atoms with E-state index >= 15 is 0 Å². The lowest BCUT2D eigenvalue weighted by Gasteiger charge is -2.38. The second-order valence-electron chi connectivity index (χ2n) is 8.58. The van der Waals surface area contributed by atoms with Crippen LogP contribution in [0.25, 0.3) is 0 Å². The van der Waals surface area contributed by atoms with E-state index in [9.17, 15) is 13.2 Å². The molecule has 3 heteroatoms. The van der Waals surface area contributed by atoms with E-state index in [1.807, 2.05) is 0 Å². The van der Waals surface area contributed by atoms with E-state index in [4.69, 9.17) is 0 Å². The Morgan fingerprint density at radius 3 is 1.73 bits per heavy atom. The average molecular weight is 367 g/mol. The van der Waals surface area contributed by atoms with E-state index in [0.717, 1.165) is 42.7 Å². The third-order valence-corrected chi connectivity index (χ3v) is 6.81. The lowest BCUT2D eigenvalue weighted by molar-refractivity contribution is 0.132. The minimum absolute atomic E-state index is 0.577. The predicted octanol–water partition coefficient (Wildman–Crippen LogP) is 7.59. The summed E-state index contributed by atoms with van der Waals surface area (Å²) in [5.74, 6) is -0.856. The van der Waals surface area contributed by atoms with Crippen LogP contribution in [0.4, 0.5) is 13.2 Å². The first-order valence-electron chi connectivity index (χ1n) is 10.8. The number of hydrogen-bond donors (Lipinski definition) is 0. The smallest absolute Gasteiger partial charge is 0.194 e. The number of aryl methyl sites for hydroxylation is 1. The first-order chi connectivity index (χ1) is 12.6. The van der Waals surface area contributed by atoms with Crippen LogP contribution in [0, 0.1) is 35.2 Å². The first kappa shape index (κ1) is 19.8. The van der Waals surface area contributed by atoms with Gasteiger partial charge in [0.05, 0.1) is 0 Å². The number of halogens is 3. The number of hydrogen-bond acceptors (Lipinski definition) is 0. The number of benzene rings is 1. The quantitative estimate of drug-likeness (QED) is 0.344. The van der Waals surface area contributed by atoms with E-state index < -0.39 is 17.5 Å². The molecule has 0 saturated heterocycles. The number of rotatable bonds is 7. The predicted molar refractivity (Wildman–Crippen MR) is 101 cm³/mol. The van der Waals surface area contributed by atoms with Crippen LogP contribution in [-0.4, -0.2) is 0 Å². The zero-order chi connectivity index (χ0) is 18.4. The van der Waals surface area contributed by atoms with Gasteiger partial charge in [-0.25, -0.2) is 13.2 Å². The van der Waals surface area contributed by atoms with Crippen molar-refractivity contribution >= 4 is 0 Å². The molecule has 0 bridgehead atoms. The van der Waals surface area contributed by atoms with Gasteiger partial charge in [0, 0.05) is 0 Å². The van der Waals surface area contributed by atoms with Crippen LogP contribution in [0.3, 0.4) is 0 Å². The fourth-order valence-corrected chi connectivity index (χ4v) is 5.44. The number of unbranched alkanes of at least 4 members (excludes halogenated alkanes) is 1. The highest BCUT2D eigenvalue weighted by Gasteiger charge is 2.30. The molecular formula is C23H33F3. The zero-order valence-electron chi connectivity index (χ0n) is 15.9. The van der Waals surface area contributed by atoms with Crippen molar-refractivity contribution in [2.75, 3.05) is 0 Å². The molecule has 0 radical (unpaired) electrons. The molecule has 0 aliphatic heterocycles. The zero-order valence-corrected chi connectivity index (χ0v) is 15.9. The molecule has 1 aromatic rings. The fraction of sp³-hybridized carbons (Fsp3) is 0.739. The first-order valence-corrected chi connectivity index (χ1v) is 10.8. The Hall–Kier alpha value is -0.990. The third-order valence-electron chi connectivity index (χ3n) is 6.81. The van der Waals surface area contributed by atoms with Crippen molar-refractivity contribution in [3.8, 4) is 0 Å². The van der Waals surface area contributed by atoms with Crippen LogP contribution in [-0.2, 0) is 6.42 Å². The van der Waals surface area contributed by atoms with Crippen molar-refractivity contribution in [2.45, 2.75) is 89.9 Å². The Morgan fingerprint density at radius 2 is 1.23 bits per heavy atom. The van der Waals surface area contributed by atoms with Gasteiger partial charge >= 0.3 is 0 Å². The van der Waals surface area contributed by atoms with E-state index in [0.29, 0.717) is 12.0 Å². The van der Waals surface area contributed by atoms with Gasteiger partial charge in [-0.05, 0) is 54.7 Å². The van der Waals surface area contributed by atoms with Crippen molar-refractivity contribution in [3.05, 3.63) is 35.1 Å². The van der Waals surface area contributed by atoms with Crippen molar-refractivity contribution in [3.63, 3.8) is 0 Å². The van der Waals surface area contributed by atoms with E-state index in [1.54, 1.807) is 0 Å². The minimum Gasteiger partial charge on any atom is -0.204 e. The maximum Gasteiger partial charge on any atom is 0.194 e. The molecule has 2 aliphatic rings. The summed E-state index contributed by atoms with van der Waals surface area (Å²) in [6, 6.07) is 2.30. The monoisotopic (exact) mass is 366 g/mol. The van der Waals surface area contributed by atoms with Crippen LogP contribution in [0.2, 0.25) is 0 Å². The molecule has 0 atom stereocenters. The van der Waals surface area contributed by atoms with E-state index in [-0.39, 0.29) is 0 Å². The lowest BCUT2D eigenvalue weighted by atomic mass is 9.68. The van der Waals surface area contributed by atoms with Crippen molar-refractivity contribution in [2.24, 2.45) is 17.8 Å². The normalized spacial score (nSPS) is 20.0. The highest BCUT2D eigenvalue weighted by Crippen LogP contribution is 2.42. The standard InChI is InChI=1S/C23H33F3/c24-21-15-17(16-22(25)23(21)26)9-7-8-14-20(18-10-3-1-4-11-18)19-12-5-2-6-13-19/h15-16,18-20H,1-14H2. The molecule has 0 nitrogen and oxygen atoms in total. The molecule has 0 aromatic heterocycles. The van der Waals surface area contributed by atoms with Gasteiger partial charge in [-0.1, -0.05) is 70.6 Å². The SMILES string of the molecule is Fc1cc(CCCCC(C2CCCCC2)C2CCCCC2)cc(F)c1F. The van der Waals surface area contributed by atoms with Crippen molar-refractivity contribution < 1.29 is 13.2 Å². The second-order valence-corrected chi connectivity index (χ2v) is 8.58. The summed E-state index contributed by atoms with van der Waals surface area (Å²) in [5.41, 5.74) is 0.577. The van der Waals surface area contributed by atoms with Crippen molar-refractivity contribution in [1.29, 1.82) is 0 Å². The lowest BCUT2D eigenvalue weighted by Crippen LogP contribution is -2.27. The molecule has 0 heterocycles. The average Bonchev–Trinajstić information content (AvgIpc) is 2.67. The summed E-state index contributed by atoms with van der Waals surface area (Å²) < 4.78 is 39.8. The van der Waals surface area contributed by atoms with Crippen LogP contribution in [0.1, 0.15) is 89.0 Å². The molecule has 146 valence electrons. The van der Waals surface area contributed by atoms with E-state index in [2.05, 4.69) is 0 Å². The highest BCUT2D eigenvalue weighted by molar-refractivity contribution is 5.19. The summed E-state index contributed by atoms with van der Waals surface area (Å²) in [6.07, 6.45) is 17.9. The van der Waals surface area contributed by atoms with E-state index in [1.165, 1.54) is 70.6 Å². The summed E-state index contributed by atoms with van der Waals surface area (Å²) >= 11 is 0. The largest absolute Gasteiger partial charge is 0.204 e. The molecule has 26 heavy (non-hydrogen) atoms. The minimum atomic E-state index is -1.36. The molecule has 0 N–H and O–H groups in total.